The normalized spacial score (nSPS) is 10.6. The van der Waals surface area contributed by atoms with Gasteiger partial charge in [0.2, 0.25) is 5.91 Å². The van der Waals surface area contributed by atoms with Crippen molar-refractivity contribution in [2.75, 3.05) is 0 Å². The lowest BCUT2D eigenvalue weighted by molar-refractivity contribution is -0.120. The van der Waals surface area contributed by atoms with Crippen LogP contribution in [0.5, 0.6) is 0 Å². The van der Waals surface area contributed by atoms with Gasteiger partial charge in [0, 0.05) is 11.1 Å². The molecule has 0 aliphatic heterocycles. The molecule has 0 spiro atoms. The summed E-state index contributed by atoms with van der Waals surface area (Å²) in [4.78, 5) is 12.0. The summed E-state index contributed by atoms with van der Waals surface area (Å²) in [6.07, 6.45) is 0.178. The highest BCUT2D eigenvalue weighted by atomic mass is 35.5. The van der Waals surface area contributed by atoms with Crippen LogP contribution in [-0.2, 0) is 17.8 Å². The number of hydrogen-bond acceptors (Lipinski definition) is 3. The van der Waals surface area contributed by atoms with Gasteiger partial charge in [0.25, 0.3) is 0 Å². The fraction of sp³-hybridized carbons (Fsp3) is 0.111. The van der Waals surface area contributed by atoms with E-state index in [-0.39, 0.29) is 24.7 Å². The Morgan fingerprint density at radius 1 is 1.17 bits per heavy atom. The van der Waals surface area contributed by atoms with Gasteiger partial charge in [-0.05, 0) is 23.8 Å². The first-order valence-corrected chi connectivity index (χ1v) is 7.72. The number of hydrogen-bond donors (Lipinski definition) is 1. The fourth-order valence-electron chi connectivity index (χ4n) is 2.25. The van der Waals surface area contributed by atoms with Gasteiger partial charge >= 0.3 is 0 Å². The second kappa shape index (κ2) is 7.27. The van der Waals surface area contributed by atoms with Crippen LogP contribution in [0.2, 0.25) is 5.02 Å². The molecule has 0 atom stereocenters. The highest BCUT2D eigenvalue weighted by Gasteiger charge is 2.12. The summed E-state index contributed by atoms with van der Waals surface area (Å²) in [5.41, 5.74) is 1.60. The van der Waals surface area contributed by atoms with Crippen LogP contribution in [0.15, 0.2) is 59.1 Å². The number of halogens is 2. The van der Waals surface area contributed by atoms with E-state index < -0.39 is 0 Å². The van der Waals surface area contributed by atoms with E-state index in [1.807, 2.05) is 12.1 Å². The molecule has 3 rings (SSSR count). The number of nitrogens with one attached hydrogen (secondary N) is 1. The molecule has 0 aliphatic carbocycles. The monoisotopic (exact) mass is 344 g/mol. The number of nitrogens with zero attached hydrogens (tertiary/aromatic N) is 1. The first-order valence-electron chi connectivity index (χ1n) is 7.34. The lowest BCUT2D eigenvalue weighted by Gasteiger charge is -2.04. The van der Waals surface area contributed by atoms with Crippen molar-refractivity contribution in [1.29, 1.82) is 0 Å². The predicted octanol–water partition coefficient (Wildman–Crippen LogP) is 3.99. The summed E-state index contributed by atoms with van der Waals surface area (Å²) < 4.78 is 18.8. The molecule has 0 aliphatic rings. The van der Waals surface area contributed by atoms with Gasteiger partial charge in [0.1, 0.15) is 11.5 Å². The van der Waals surface area contributed by atoms with E-state index in [2.05, 4.69) is 10.5 Å². The molecular formula is C18H14ClFN2O2. The van der Waals surface area contributed by atoms with Crippen LogP contribution < -0.4 is 5.32 Å². The second-order valence-electron chi connectivity index (χ2n) is 5.21. The van der Waals surface area contributed by atoms with Crippen LogP contribution in [0.1, 0.15) is 11.3 Å². The number of rotatable bonds is 5. The molecule has 1 heterocycles. The zero-order chi connectivity index (χ0) is 16.9. The summed E-state index contributed by atoms with van der Waals surface area (Å²) >= 11 is 6.03. The van der Waals surface area contributed by atoms with Crippen molar-refractivity contribution in [1.82, 2.24) is 10.5 Å². The molecular weight excluding hydrogens is 331 g/mol. The van der Waals surface area contributed by atoms with Crippen LogP contribution in [0.3, 0.4) is 0 Å². The number of amides is 1. The van der Waals surface area contributed by atoms with Crippen LogP contribution in [0.4, 0.5) is 4.39 Å². The zero-order valence-electron chi connectivity index (χ0n) is 12.6. The Hall–Kier alpha value is -2.66. The Kier molecular flexibility index (Phi) is 4.91. The maximum atomic E-state index is 13.7. The number of benzene rings is 2. The van der Waals surface area contributed by atoms with Gasteiger partial charge in [-0.2, -0.15) is 0 Å². The van der Waals surface area contributed by atoms with Gasteiger partial charge in [0.15, 0.2) is 5.76 Å². The predicted molar refractivity (Wildman–Crippen MR) is 88.9 cm³/mol. The third kappa shape index (κ3) is 3.81. The van der Waals surface area contributed by atoms with E-state index in [1.54, 1.807) is 36.4 Å². The maximum absolute atomic E-state index is 13.7. The van der Waals surface area contributed by atoms with E-state index in [0.717, 1.165) is 5.56 Å². The lowest BCUT2D eigenvalue weighted by Crippen LogP contribution is -2.24. The molecule has 3 aromatic rings. The average molecular weight is 345 g/mol. The fourth-order valence-corrected chi connectivity index (χ4v) is 2.45. The smallest absolute Gasteiger partial charge is 0.224 e. The topological polar surface area (TPSA) is 55.1 Å². The number of carbonyl (C=O) groups is 1. The number of carbonyl (C=O) groups excluding carboxylic acids is 1. The standard InChI is InChI=1S/C18H14ClFN2O2/c19-15-7-3-1-5-12(15)9-18(23)21-11-13-10-17(24-22-13)14-6-2-4-8-16(14)20/h1-8,10H,9,11H2,(H,21,23). The molecule has 0 saturated carbocycles. The van der Waals surface area contributed by atoms with Gasteiger partial charge in [0.05, 0.1) is 18.5 Å². The highest BCUT2D eigenvalue weighted by molar-refractivity contribution is 6.31. The van der Waals surface area contributed by atoms with Crippen molar-refractivity contribution >= 4 is 17.5 Å². The van der Waals surface area contributed by atoms with Crippen molar-refractivity contribution < 1.29 is 13.7 Å². The van der Waals surface area contributed by atoms with E-state index in [0.29, 0.717) is 22.0 Å². The maximum Gasteiger partial charge on any atom is 0.224 e. The Bertz CT molecular complexity index is 863. The van der Waals surface area contributed by atoms with Gasteiger partial charge in [-0.25, -0.2) is 4.39 Å². The van der Waals surface area contributed by atoms with E-state index in [1.165, 1.54) is 6.07 Å². The summed E-state index contributed by atoms with van der Waals surface area (Å²) in [5.74, 6) is -0.245. The zero-order valence-corrected chi connectivity index (χ0v) is 13.4. The quantitative estimate of drug-likeness (QED) is 0.761. The summed E-state index contributed by atoms with van der Waals surface area (Å²) in [6.45, 7) is 0.196. The molecule has 0 unspecified atom stereocenters. The van der Waals surface area contributed by atoms with Gasteiger partial charge < -0.3 is 9.84 Å². The summed E-state index contributed by atoms with van der Waals surface area (Å²) in [5, 5.41) is 7.14. The lowest BCUT2D eigenvalue weighted by atomic mass is 10.1. The molecule has 2 aromatic carbocycles. The molecule has 0 radical (unpaired) electrons. The molecule has 1 N–H and O–H groups in total. The Labute approximate surface area is 143 Å². The Balaban J connectivity index is 1.61. The molecule has 0 bridgehead atoms. The molecule has 0 fully saturated rings. The third-order valence-electron chi connectivity index (χ3n) is 3.47. The Morgan fingerprint density at radius 2 is 1.92 bits per heavy atom. The molecule has 1 aromatic heterocycles. The molecule has 0 saturated heterocycles. The largest absolute Gasteiger partial charge is 0.356 e. The average Bonchev–Trinajstić information content (AvgIpc) is 3.04. The minimum absolute atomic E-state index is 0.178. The highest BCUT2D eigenvalue weighted by Crippen LogP contribution is 2.23. The van der Waals surface area contributed by atoms with Crippen molar-refractivity contribution in [3.05, 3.63) is 76.7 Å². The second-order valence-corrected chi connectivity index (χ2v) is 5.61. The Morgan fingerprint density at radius 3 is 2.71 bits per heavy atom. The van der Waals surface area contributed by atoms with E-state index >= 15 is 0 Å². The van der Waals surface area contributed by atoms with Crippen LogP contribution >= 0.6 is 11.6 Å². The first kappa shape index (κ1) is 16.2. The van der Waals surface area contributed by atoms with Gasteiger partial charge in [-0.15, -0.1) is 0 Å². The van der Waals surface area contributed by atoms with Gasteiger partial charge in [-0.3, -0.25) is 4.79 Å². The minimum atomic E-state index is -0.386. The van der Waals surface area contributed by atoms with E-state index in [4.69, 9.17) is 16.1 Å². The van der Waals surface area contributed by atoms with Crippen LogP contribution in [0, 0.1) is 5.82 Å². The first-order chi connectivity index (χ1) is 11.6. The minimum Gasteiger partial charge on any atom is -0.356 e. The molecule has 122 valence electrons. The van der Waals surface area contributed by atoms with Crippen molar-refractivity contribution in [3.8, 4) is 11.3 Å². The number of aromatic nitrogens is 1. The molecule has 24 heavy (non-hydrogen) atoms. The van der Waals surface area contributed by atoms with Crippen LogP contribution in [-0.4, -0.2) is 11.1 Å². The third-order valence-corrected chi connectivity index (χ3v) is 3.84. The van der Waals surface area contributed by atoms with Crippen molar-refractivity contribution in [2.24, 2.45) is 0 Å². The van der Waals surface area contributed by atoms with E-state index in [9.17, 15) is 9.18 Å². The molecule has 4 nitrogen and oxygen atoms in total. The van der Waals surface area contributed by atoms with Crippen LogP contribution in [0.25, 0.3) is 11.3 Å². The SMILES string of the molecule is O=C(Cc1ccccc1Cl)NCc1cc(-c2ccccc2F)on1. The molecule has 1 amide bonds. The molecule has 6 heteroatoms. The van der Waals surface area contributed by atoms with Crippen molar-refractivity contribution in [2.45, 2.75) is 13.0 Å². The van der Waals surface area contributed by atoms with Crippen molar-refractivity contribution in [3.63, 3.8) is 0 Å². The summed E-state index contributed by atoms with van der Waals surface area (Å²) in [7, 11) is 0. The summed E-state index contributed by atoms with van der Waals surface area (Å²) in [6, 6.07) is 15.1. The van der Waals surface area contributed by atoms with Gasteiger partial charge in [-0.1, -0.05) is 47.1 Å².